The van der Waals surface area contributed by atoms with E-state index in [1.165, 1.54) is 17.3 Å². The summed E-state index contributed by atoms with van der Waals surface area (Å²) in [7, 11) is 0. The van der Waals surface area contributed by atoms with E-state index in [1.54, 1.807) is 0 Å². The molecule has 2 aromatic carbocycles. The average molecular weight is 334 g/mol. The molecule has 1 aliphatic rings. The summed E-state index contributed by atoms with van der Waals surface area (Å²) < 4.78 is 0. The molecular formula is C20H22N4O. The van der Waals surface area contributed by atoms with Crippen molar-refractivity contribution in [2.24, 2.45) is 5.73 Å². The molecule has 25 heavy (non-hydrogen) atoms. The van der Waals surface area contributed by atoms with Crippen molar-refractivity contribution in [2.45, 2.75) is 25.3 Å². The van der Waals surface area contributed by atoms with Gasteiger partial charge in [-0.3, -0.25) is 5.41 Å². The van der Waals surface area contributed by atoms with Crippen molar-refractivity contribution in [1.82, 2.24) is 10.6 Å². The number of hydrogen-bond acceptors (Lipinski definition) is 3. The van der Waals surface area contributed by atoms with E-state index in [-0.39, 0.29) is 23.5 Å². The summed E-state index contributed by atoms with van der Waals surface area (Å²) in [5.74, 6) is 0. The van der Waals surface area contributed by atoms with Gasteiger partial charge in [0, 0.05) is 11.8 Å². The molecule has 1 atom stereocenters. The number of benzene rings is 2. The normalized spacial score (nSPS) is 16.6. The number of carbonyl (C=O) groups excluding carboxylic acids is 1. The number of nitrogens with one attached hydrogen (secondary N) is 3. The molecule has 0 aromatic heterocycles. The fraction of sp³-hybridized carbons (Fsp3) is 0.200. The topological polar surface area (TPSA) is 91.0 Å². The third-order valence-electron chi connectivity index (χ3n) is 4.42. The Hall–Kier alpha value is -3.08. The Morgan fingerprint density at radius 3 is 2.60 bits per heavy atom. The maximum Gasteiger partial charge on any atom is 0.319 e. The van der Waals surface area contributed by atoms with Crippen LogP contribution >= 0.6 is 0 Å². The minimum Gasteiger partial charge on any atom is -0.403 e. The minimum absolute atomic E-state index is 0.0186. The molecule has 2 amide bonds. The van der Waals surface area contributed by atoms with E-state index in [0.29, 0.717) is 5.56 Å². The van der Waals surface area contributed by atoms with Crippen molar-refractivity contribution in [1.29, 1.82) is 5.41 Å². The Labute approximate surface area is 147 Å². The Bertz CT molecular complexity index is 798. The SMILES string of the molecule is N=C(/C(=C\N)NC(=O)NC1CCCc2ccccc21)c1ccccc1. The molecule has 0 saturated heterocycles. The highest BCUT2D eigenvalue weighted by Gasteiger charge is 2.22. The second-order valence-corrected chi connectivity index (χ2v) is 6.06. The highest BCUT2D eigenvalue weighted by atomic mass is 16.2. The van der Waals surface area contributed by atoms with Gasteiger partial charge in [0.2, 0.25) is 0 Å². The molecule has 0 saturated carbocycles. The van der Waals surface area contributed by atoms with Crippen molar-refractivity contribution in [3.63, 3.8) is 0 Å². The molecule has 5 heteroatoms. The van der Waals surface area contributed by atoms with Crippen LogP contribution in [0.5, 0.6) is 0 Å². The molecule has 2 aromatic rings. The van der Waals surface area contributed by atoms with E-state index in [1.807, 2.05) is 42.5 Å². The second-order valence-electron chi connectivity index (χ2n) is 6.06. The van der Waals surface area contributed by atoms with E-state index in [4.69, 9.17) is 11.1 Å². The smallest absolute Gasteiger partial charge is 0.319 e. The number of aryl methyl sites for hydroxylation is 1. The zero-order valence-electron chi connectivity index (χ0n) is 14.0. The van der Waals surface area contributed by atoms with E-state index in [2.05, 4.69) is 22.8 Å². The van der Waals surface area contributed by atoms with Gasteiger partial charge in [-0.05, 0) is 30.4 Å². The van der Waals surface area contributed by atoms with Gasteiger partial charge in [-0.25, -0.2) is 4.79 Å². The Morgan fingerprint density at radius 1 is 1.12 bits per heavy atom. The van der Waals surface area contributed by atoms with Gasteiger partial charge in [0.25, 0.3) is 0 Å². The van der Waals surface area contributed by atoms with Crippen LogP contribution in [0.25, 0.3) is 0 Å². The zero-order valence-corrected chi connectivity index (χ0v) is 14.0. The van der Waals surface area contributed by atoms with Gasteiger partial charge in [0.1, 0.15) is 0 Å². The zero-order chi connectivity index (χ0) is 17.6. The Balaban J connectivity index is 1.67. The van der Waals surface area contributed by atoms with Gasteiger partial charge in [-0.1, -0.05) is 54.6 Å². The monoisotopic (exact) mass is 334 g/mol. The molecule has 0 aliphatic heterocycles. The molecule has 1 aliphatic carbocycles. The van der Waals surface area contributed by atoms with Crippen LogP contribution in [-0.4, -0.2) is 11.7 Å². The van der Waals surface area contributed by atoms with Crippen LogP contribution in [0, 0.1) is 5.41 Å². The van der Waals surface area contributed by atoms with Crippen LogP contribution in [0.1, 0.15) is 35.6 Å². The standard InChI is InChI=1S/C20H22N4O/c21-13-18(19(22)15-8-2-1-3-9-15)24-20(25)23-17-12-6-10-14-7-4-5-11-16(14)17/h1-5,7-9,11,13,17,22H,6,10,12,21H2,(H2,23,24,25)/b18-13+,22-19?. The molecule has 1 unspecified atom stereocenters. The number of hydrogen-bond donors (Lipinski definition) is 4. The Kier molecular flexibility index (Phi) is 5.14. The molecule has 0 fully saturated rings. The molecule has 0 radical (unpaired) electrons. The number of fused-ring (bicyclic) bond motifs is 1. The summed E-state index contributed by atoms with van der Waals surface area (Å²) in [6.07, 6.45) is 4.25. The van der Waals surface area contributed by atoms with E-state index < -0.39 is 0 Å². The van der Waals surface area contributed by atoms with Crippen molar-refractivity contribution >= 4 is 11.7 Å². The predicted molar refractivity (Wildman–Crippen MR) is 99.3 cm³/mol. The van der Waals surface area contributed by atoms with Crippen molar-refractivity contribution in [3.8, 4) is 0 Å². The molecule has 128 valence electrons. The third-order valence-corrected chi connectivity index (χ3v) is 4.42. The maximum absolute atomic E-state index is 12.4. The van der Waals surface area contributed by atoms with Crippen LogP contribution in [-0.2, 0) is 6.42 Å². The highest BCUT2D eigenvalue weighted by Crippen LogP contribution is 2.29. The van der Waals surface area contributed by atoms with Gasteiger partial charge in [-0.15, -0.1) is 0 Å². The first kappa shape index (κ1) is 16.8. The average Bonchev–Trinajstić information content (AvgIpc) is 2.66. The largest absolute Gasteiger partial charge is 0.403 e. The quantitative estimate of drug-likeness (QED) is 0.647. The van der Waals surface area contributed by atoms with Crippen molar-refractivity contribution in [2.75, 3.05) is 0 Å². The van der Waals surface area contributed by atoms with Gasteiger partial charge < -0.3 is 16.4 Å². The fourth-order valence-electron chi connectivity index (χ4n) is 3.17. The van der Waals surface area contributed by atoms with Crippen LogP contribution in [0.3, 0.4) is 0 Å². The number of carbonyl (C=O) groups is 1. The van der Waals surface area contributed by atoms with Crippen LogP contribution < -0.4 is 16.4 Å². The fourth-order valence-corrected chi connectivity index (χ4v) is 3.17. The van der Waals surface area contributed by atoms with Crippen molar-refractivity contribution in [3.05, 3.63) is 83.2 Å². The molecule has 5 N–H and O–H groups in total. The number of allylic oxidation sites excluding steroid dienone is 1. The summed E-state index contributed by atoms with van der Waals surface area (Å²) in [6, 6.07) is 17.0. The summed E-state index contributed by atoms with van der Waals surface area (Å²) in [4.78, 5) is 12.4. The molecule has 3 rings (SSSR count). The van der Waals surface area contributed by atoms with Crippen molar-refractivity contribution < 1.29 is 4.79 Å². The lowest BCUT2D eigenvalue weighted by Gasteiger charge is -2.26. The number of amides is 2. The molecule has 0 bridgehead atoms. The molecule has 0 spiro atoms. The minimum atomic E-state index is -0.348. The third kappa shape index (κ3) is 3.88. The maximum atomic E-state index is 12.4. The summed E-state index contributed by atoms with van der Waals surface area (Å²) in [6.45, 7) is 0. The first-order valence-electron chi connectivity index (χ1n) is 8.40. The molecule has 5 nitrogen and oxygen atoms in total. The van der Waals surface area contributed by atoms with Gasteiger partial charge in [0.15, 0.2) is 0 Å². The summed E-state index contributed by atoms with van der Waals surface area (Å²) in [5.41, 5.74) is 9.24. The van der Waals surface area contributed by atoms with E-state index in [9.17, 15) is 4.79 Å². The van der Waals surface area contributed by atoms with Crippen LogP contribution in [0.15, 0.2) is 66.5 Å². The Morgan fingerprint density at radius 2 is 1.84 bits per heavy atom. The highest BCUT2D eigenvalue weighted by molar-refractivity contribution is 6.11. The van der Waals surface area contributed by atoms with E-state index >= 15 is 0 Å². The van der Waals surface area contributed by atoms with Gasteiger partial charge in [0.05, 0.1) is 17.5 Å². The van der Waals surface area contributed by atoms with Gasteiger partial charge in [-0.2, -0.15) is 0 Å². The van der Waals surface area contributed by atoms with Crippen LogP contribution in [0.4, 0.5) is 4.79 Å². The first-order valence-corrected chi connectivity index (χ1v) is 8.40. The predicted octanol–water partition coefficient (Wildman–Crippen LogP) is 3.23. The number of nitrogens with two attached hydrogens (primary N) is 1. The molecular weight excluding hydrogens is 312 g/mol. The lowest BCUT2D eigenvalue weighted by Crippen LogP contribution is -2.40. The van der Waals surface area contributed by atoms with E-state index in [0.717, 1.165) is 19.3 Å². The lowest BCUT2D eigenvalue weighted by molar-refractivity contribution is 0.238. The molecule has 0 heterocycles. The summed E-state index contributed by atoms with van der Waals surface area (Å²) >= 11 is 0. The number of rotatable bonds is 4. The van der Waals surface area contributed by atoms with Crippen LogP contribution in [0.2, 0.25) is 0 Å². The second kappa shape index (κ2) is 7.66. The van der Waals surface area contributed by atoms with Gasteiger partial charge >= 0.3 is 6.03 Å². The number of urea groups is 1. The lowest BCUT2D eigenvalue weighted by atomic mass is 9.88. The summed E-state index contributed by atoms with van der Waals surface area (Å²) in [5, 5.41) is 13.9. The first-order chi connectivity index (χ1) is 12.2.